The van der Waals surface area contributed by atoms with E-state index >= 15 is 0 Å². The molecule has 2 heterocycles. The molecule has 0 bridgehead atoms. The van der Waals surface area contributed by atoms with E-state index in [0.717, 1.165) is 17.5 Å². The fourth-order valence-corrected chi connectivity index (χ4v) is 4.64. The minimum absolute atomic E-state index is 0.123. The number of hydrogen-bond acceptors (Lipinski definition) is 7. The van der Waals surface area contributed by atoms with Crippen LogP contribution in [0.1, 0.15) is 47.4 Å². The number of carboxylic acid groups (broad SMARTS) is 1. The number of halogens is 1. The summed E-state index contributed by atoms with van der Waals surface area (Å²) in [7, 11) is 1.58. The van der Waals surface area contributed by atoms with Gasteiger partial charge in [-0.25, -0.2) is 19.7 Å². The van der Waals surface area contributed by atoms with E-state index in [1.807, 2.05) is 54.0 Å². The summed E-state index contributed by atoms with van der Waals surface area (Å²) in [5.41, 5.74) is 3.51. The molecule has 11 heteroatoms. The monoisotopic (exact) mass is 562 g/mol. The standard InChI is InChI=1S/C29H31ClN6O4/c1-17-3-10-22(40-14-12-23(37)31-2)21(15-17)28-35-26-24(36(28)16-19-6-8-20(30)9-7-19)25(32-13-11-18-4-5-18)33-27(34-26)29(38)39/h3,6-10,15,18H,4-5,11-14,16H2,1-2H3,(H,31,37)(H,38,39)(H,32,33,34). The number of aryl methyl sites for hydroxylation is 1. The van der Waals surface area contributed by atoms with Gasteiger partial charge in [0.05, 0.1) is 18.6 Å². The molecule has 1 aliphatic carbocycles. The minimum atomic E-state index is -1.23. The van der Waals surface area contributed by atoms with E-state index in [9.17, 15) is 14.7 Å². The van der Waals surface area contributed by atoms with Gasteiger partial charge in [-0.1, -0.05) is 48.2 Å². The van der Waals surface area contributed by atoms with Crippen LogP contribution < -0.4 is 15.4 Å². The van der Waals surface area contributed by atoms with Crippen molar-refractivity contribution in [2.75, 3.05) is 25.5 Å². The van der Waals surface area contributed by atoms with E-state index in [2.05, 4.69) is 20.6 Å². The largest absolute Gasteiger partial charge is 0.492 e. The number of nitrogens with zero attached hydrogens (tertiary/aromatic N) is 4. The number of aromatic nitrogens is 4. The van der Waals surface area contributed by atoms with Gasteiger partial charge in [0.25, 0.3) is 0 Å². The van der Waals surface area contributed by atoms with E-state index < -0.39 is 5.97 Å². The number of nitrogens with one attached hydrogen (secondary N) is 2. The first-order chi connectivity index (χ1) is 19.3. The Kier molecular flexibility index (Phi) is 8.16. The molecule has 0 atom stereocenters. The van der Waals surface area contributed by atoms with Crippen LogP contribution in [0.25, 0.3) is 22.6 Å². The molecule has 0 spiro atoms. The van der Waals surface area contributed by atoms with Crippen LogP contribution in [0, 0.1) is 12.8 Å². The molecule has 1 saturated carbocycles. The second-order valence-electron chi connectivity index (χ2n) is 9.95. The zero-order chi connectivity index (χ0) is 28.2. The van der Waals surface area contributed by atoms with Crippen LogP contribution in [0.3, 0.4) is 0 Å². The molecule has 208 valence electrons. The van der Waals surface area contributed by atoms with Crippen molar-refractivity contribution in [2.24, 2.45) is 5.92 Å². The molecule has 10 nitrogen and oxygen atoms in total. The molecule has 2 aromatic carbocycles. The molecule has 0 saturated heterocycles. The van der Waals surface area contributed by atoms with Crippen LogP contribution in [0.15, 0.2) is 42.5 Å². The summed E-state index contributed by atoms with van der Waals surface area (Å²) in [5, 5.41) is 16.3. The van der Waals surface area contributed by atoms with E-state index in [1.165, 1.54) is 12.8 Å². The van der Waals surface area contributed by atoms with Gasteiger partial charge in [0, 0.05) is 25.2 Å². The number of carbonyl (C=O) groups excluding carboxylic acids is 1. The predicted octanol–water partition coefficient (Wildman–Crippen LogP) is 4.93. The second kappa shape index (κ2) is 11.9. The Balaban J connectivity index is 1.65. The highest BCUT2D eigenvalue weighted by molar-refractivity contribution is 6.30. The zero-order valence-corrected chi connectivity index (χ0v) is 23.2. The van der Waals surface area contributed by atoms with Gasteiger partial charge >= 0.3 is 5.97 Å². The Hall–Kier alpha value is -4.18. The van der Waals surface area contributed by atoms with Crippen molar-refractivity contribution in [3.8, 4) is 17.1 Å². The van der Waals surface area contributed by atoms with Gasteiger partial charge in [0.1, 0.15) is 17.1 Å². The molecule has 1 aliphatic rings. The molecule has 0 radical (unpaired) electrons. The van der Waals surface area contributed by atoms with Crippen LogP contribution in [0.5, 0.6) is 5.75 Å². The number of aromatic carboxylic acids is 1. The summed E-state index contributed by atoms with van der Waals surface area (Å²) < 4.78 is 8.03. The van der Waals surface area contributed by atoms with Crippen LogP contribution in [-0.2, 0) is 11.3 Å². The average molecular weight is 563 g/mol. The molecule has 1 amide bonds. The first-order valence-corrected chi connectivity index (χ1v) is 13.6. The molecule has 2 aromatic heterocycles. The van der Waals surface area contributed by atoms with Crippen molar-refractivity contribution >= 4 is 40.5 Å². The van der Waals surface area contributed by atoms with E-state index in [1.54, 1.807) is 7.05 Å². The van der Waals surface area contributed by atoms with E-state index in [4.69, 9.17) is 21.3 Å². The average Bonchev–Trinajstić information content (AvgIpc) is 3.70. The number of ether oxygens (including phenoxy) is 1. The molecule has 5 rings (SSSR count). The summed E-state index contributed by atoms with van der Waals surface area (Å²) in [4.78, 5) is 37.2. The summed E-state index contributed by atoms with van der Waals surface area (Å²) >= 11 is 6.15. The minimum Gasteiger partial charge on any atom is -0.492 e. The third-order valence-electron chi connectivity index (χ3n) is 6.83. The highest BCUT2D eigenvalue weighted by Gasteiger charge is 2.25. The summed E-state index contributed by atoms with van der Waals surface area (Å²) in [6.07, 6.45) is 3.62. The predicted molar refractivity (Wildman–Crippen MR) is 153 cm³/mol. The highest BCUT2D eigenvalue weighted by Crippen LogP contribution is 2.36. The molecule has 0 aliphatic heterocycles. The first kappa shape index (κ1) is 27.4. The highest BCUT2D eigenvalue weighted by atomic mass is 35.5. The number of fused-ring (bicyclic) bond motifs is 1. The van der Waals surface area contributed by atoms with Gasteiger partial charge in [0.2, 0.25) is 11.7 Å². The Morgan fingerprint density at radius 2 is 1.90 bits per heavy atom. The quantitative estimate of drug-likeness (QED) is 0.221. The maximum Gasteiger partial charge on any atom is 0.374 e. The van der Waals surface area contributed by atoms with Crippen molar-refractivity contribution in [2.45, 2.75) is 39.2 Å². The second-order valence-corrected chi connectivity index (χ2v) is 10.4. The number of benzene rings is 2. The van der Waals surface area contributed by atoms with E-state index in [0.29, 0.717) is 52.5 Å². The number of carboxylic acids is 1. The van der Waals surface area contributed by atoms with Gasteiger partial charge in [-0.15, -0.1) is 0 Å². The molecular formula is C29H31ClN6O4. The third-order valence-corrected chi connectivity index (χ3v) is 7.08. The number of amides is 1. The lowest BCUT2D eigenvalue weighted by Crippen LogP contribution is -2.20. The first-order valence-electron chi connectivity index (χ1n) is 13.3. The van der Waals surface area contributed by atoms with Crippen LogP contribution >= 0.6 is 11.6 Å². The maximum atomic E-state index is 11.9. The Morgan fingerprint density at radius 3 is 2.60 bits per heavy atom. The molecule has 0 unspecified atom stereocenters. The van der Waals surface area contributed by atoms with Crippen LogP contribution in [0.2, 0.25) is 5.02 Å². The van der Waals surface area contributed by atoms with Crippen molar-refractivity contribution in [1.82, 2.24) is 24.8 Å². The van der Waals surface area contributed by atoms with Gasteiger partial charge in [0.15, 0.2) is 11.5 Å². The van der Waals surface area contributed by atoms with Crippen molar-refractivity contribution in [1.29, 1.82) is 0 Å². The third kappa shape index (κ3) is 6.34. The van der Waals surface area contributed by atoms with E-state index in [-0.39, 0.29) is 30.4 Å². The summed E-state index contributed by atoms with van der Waals surface area (Å²) in [6.45, 7) is 3.22. The maximum absolute atomic E-state index is 11.9. The van der Waals surface area contributed by atoms with Gasteiger partial charge in [-0.05, 0) is 49.1 Å². The fraction of sp³-hybridized carbons (Fsp3) is 0.345. The summed E-state index contributed by atoms with van der Waals surface area (Å²) in [6, 6.07) is 13.2. The lowest BCUT2D eigenvalue weighted by atomic mass is 10.1. The molecule has 1 fully saturated rings. The molecule has 40 heavy (non-hydrogen) atoms. The van der Waals surface area contributed by atoms with Gasteiger partial charge < -0.3 is 25.0 Å². The van der Waals surface area contributed by atoms with Crippen molar-refractivity contribution in [3.63, 3.8) is 0 Å². The SMILES string of the molecule is CNC(=O)CCOc1ccc(C)cc1-c1nc2nc(C(=O)O)nc(NCCC3CC3)c2n1Cc1ccc(Cl)cc1. The smallest absolute Gasteiger partial charge is 0.374 e. The zero-order valence-electron chi connectivity index (χ0n) is 22.4. The van der Waals surface area contributed by atoms with Crippen LogP contribution in [0.4, 0.5) is 5.82 Å². The van der Waals surface area contributed by atoms with Gasteiger partial charge in [-0.2, -0.15) is 0 Å². The van der Waals surface area contributed by atoms with Crippen LogP contribution in [-0.4, -0.2) is 56.7 Å². The Labute approximate surface area is 236 Å². The van der Waals surface area contributed by atoms with Gasteiger partial charge in [-0.3, -0.25) is 4.79 Å². The lowest BCUT2D eigenvalue weighted by Gasteiger charge is -2.16. The topological polar surface area (TPSA) is 131 Å². The van der Waals surface area contributed by atoms with Crippen molar-refractivity contribution in [3.05, 3.63) is 64.4 Å². The Bertz CT molecular complexity index is 1550. The molecule has 4 aromatic rings. The number of anilines is 1. The van der Waals surface area contributed by atoms with Crippen molar-refractivity contribution < 1.29 is 19.4 Å². The number of carbonyl (C=O) groups is 2. The summed E-state index contributed by atoms with van der Waals surface area (Å²) in [5.74, 6) is 0.542. The normalized spacial score (nSPS) is 12.9. The number of imidazole rings is 1. The lowest BCUT2D eigenvalue weighted by molar-refractivity contribution is -0.121. The number of hydrogen-bond donors (Lipinski definition) is 3. The Morgan fingerprint density at radius 1 is 1.12 bits per heavy atom. The fourth-order valence-electron chi connectivity index (χ4n) is 4.51. The molecule has 3 N–H and O–H groups in total. The number of rotatable bonds is 12. The molecular weight excluding hydrogens is 532 g/mol.